The molecule has 0 spiro atoms. The normalized spacial score (nSPS) is 14.1. The van der Waals surface area contributed by atoms with Crippen LogP contribution in [0.2, 0.25) is 0 Å². The summed E-state index contributed by atoms with van der Waals surface area (Å²) < 4.78 is 27.2. The fraction of sp³-hybridized carbons (Fsp3) is 0.556. The monoisotopic (exact) mass is 296 g/mol. The molecule has 1 heterocycles. The summed E-state index contributed by atoms with van der Waals surface area (Å²) in [6, 6.07) is 1.66. The van der Waals surface area contributed by atoms with Gasteiger partial charge in [0.25, 0.3) is 0 Å². The fourth-order valence-electron chi connectivity index (χ4n) is 1.24. The van der Waals surface area contributed by atoms with Crippen molar-refractivity contribution in [2.45, 2.75) is 18.9 Å². The average Bonchev–Trinajstić information content (AvgIpc) is 2.48. The van der Waals surface area contributed by atoms with Crippen LogP contribution in [-0.2, 0) is 9.84 Å². The van der Waals surface area contributed by atoms with Gasteiger partial charge in [-0.2, -0.15) is 0 Å². The van der Waals surface area contributed by atoms with Crippen molar-refractivity contribution in [1.29, 1.82) is 0 Å². The van der Waals surface area contributed by atoms with E-state index >= 15 is 0 Å². The van der Waals surface area contributed by atoms with Crippen LogP contribution in [0, 0.1) is 0 Å². The predicted octanol–water partition coefficient (Wildman–Crippen LogP) is 1.90. The highest BCUT2D eigenvalue weighted by molar-refractivity contribution is 9.10. The van der Waals surface area contributed by atoms with E-state index in [-0.39, 0.29) is 5.75 Å². The van der Waals surface area contributed by atoms with E-state index in [1.54, 1.807) is 6.07 Å². The maximum absolute atomic E-state index is 10.9. The van der Waals surface area contributed by atoms with Crippen LogP contribution < -0.4 is 0 Å². The molecule has 1 aromatic rings. The molecule has 0 fully saturated rings. The number of halogens is 1. The fourth-order valence-corrected chi connectivity index (χ4v) is 2.43. The highest BCUT2D eigenvalue weighted by atomic mass is 79.9. The first-order valence-electron chi connectivity index (χ1n) is 4.49. The van der Waals surface area contributed by atoms with Crippen molar-refractivity contribution >= 4 is 25.8 Å². The molecular formula is C9H13BrO4S. The van der Waals surface area contributed by atoms with E-state index in [0.29, 0.717) is 23.1 Å². The lowest BCUT2D eigenvalue weighted by Gasteiger charge is -2.07. The number of hydrogen-bond donors (Lipinski definition) is 1. The number of rotatable bonds is 5. The number of aliphatic hydroxyl groups excluding tert-OH is 1. The Kier molecular flexibility index (Phi) is 4.36. The molecule has 0 aliphatic rings. The molecule has 0 saturated carbocycles. The molecule has 1 rings (SSSR count). The molecule has 86 valence electrons. The van der Waals surface area contributed by atoms with E-state index in [0.717, 1.165) is 0 Å². The Morgan fingerprint density at radius 1 is 1.60 bits per heavy atom. The van der Waals surface area contributed by atoms with E-state index < -0.39 is 15.9 Å². The molecule has 0 radical (unpaired) electrons. The van der Waals surface area contributed by atoms with Crippen molar-refractivity contribution in [3.63, 3.8) is 0 Å². The zero-order valence-corrected chi connectivity index (χ0v) is 10.7. The van der Waals surface area contributed by atoms with Gasteiger partial charge in [0.05, 0.1) is 12.4 Å². The van der Waals surface area contributed by atoms with Crippen LogP contribution in [0.25, 0.3) is 0 Å². The standard InChI is InChI=1S/C9H13BrO4S/c1-15(12,13)6-2-3-8(11)7-4-5-14-9(7)10/h4-5,8,11H,2-3,6H2,1H3. The van der Waals surface area contributed by atoms with Gasteiger partial charge in [0, 0.05) is 17.6 Å². The largest absolute Gasteiger partial charge is 0.457 e. The maximum Gasteiger partial charge on any atom is 0.174 e. The summed E-state index contributed by atoms with van der Waals surface area (Å²) in [6.07, 6.45) is 2.83. The van der Waals surface area contributed by atoms with Gasteiger partial charge in [0.1, 0.15) is 9.84 Å². The molecule has 1 atom stereocenters. The first-order valence-corrected chi connectivity index (χ1v) is 7.34. The summed E-state index contributed by atoms with van der Waals surface area (Å²) in [4.78, 5) is 0. The van der Waals surface area contributed by atoms with Crippen molar-refractivity contribution < 1.29 is 17.9 Å². The minimum absolute atomic E-state index is 0.0968. The van der Waals surface area contributed by atoms with E-state index in [2.05, 4.69) is 15.9 Å². The summed E-state index contributed by atoms with van der Waals surface area (Å²) in [5.74, 6) is 0.0968. The predicted molar refractivity (Wildman–Crippen MR) is 60.3 cm³/mol. The summed E-state index contributed by atoms with van der Waals surface area (Å²) in [5, 5.41) is 9.70. The Bertz CT molecular complexity index is 410. The van der Waals surface area contributed by atoms with Crippen LogP contribution in [-0.4, -0.2) is 25.5 Å². The first kappa shape index (κ1) is 12.7. The Labute approximate surface area is 97.3 Å². The number of furan rings is 1. The maximum atomic E-state index is 10.9. The minimum atomic E-state index is -2.94. The van der Waals surface area contributed by atoms with Crippen LogP contribution >= 0.6 is 15.9 Å². The lowest BCUT2D eigenvalue weighted by molar-refractivity contribution is 0.164. The third-order valence-corrected chi connectivity index (χ3v) is 3.67. The van der Waals surface area contributed by atoms with Crippen LogP contribution in [0.3, 0.4) is 0 Å². The van der Waals surface area contributed by atoms with Crippen molar-refractivity contribution in [2.75, 3.05) is 12.0 Å². The minimum Gasteiger partial charge on any atom is -0.457 e. The number of sulfone groups is 1. The molecular weight excluding hydrogens is 284 g/mol. The first-order chi connectivity index (χ1) is 6.90. The highest BCUT2D eigenvalue weighted by Crippen LogP contribution is 2.27. The molecule has 1 unspecified atom stereocenters. The van der Waals surface area contributed by atoms with Crippen LogP contribution in [0.1, 0.15) is 24.5 Å². The Hall–Kier alpha value is -0.330. The molecule has 0 bridgehead atoms. The smallest absolute Gasteiger partial charge is 0.174 e. The second-order valence-corrected chi connectivity index (χ2v) is 6.42. The quantitative estimate of drug-likeness (QED) is 0.901. The van der Waals surface area contributed by atoms with Gasteiger partial charge in [-0.05, 0) is 34.8 Å². The summed E-state index contributed by atoms with van der Waals surface area (Å²) >= 11 is 3.15. The molecule has 6 heteroatoms. The van der Waals surface area contributed by atoms with E-state index in [1.165, 1.54) is 12.5 Å². The lowest BCUT2D eigenvalue weighted by Crippen LogP contribution is -2.05. The van der Waals surface area contributed by atoms with Gasteiger partial charge in [-0.25, -0.2) is 8.42 Å². The van der Waals surface area contributed by atoms with Gasteiger partial charge in [0.15, 0.2) is 4.67 Å². The van der Waals surface area contributed by atoms with Gasteiger partial charge < -0.3 is 9.52 Å². The van der Waals surface area contributed by atoms with Gasteiger partial charge in [-0.1, -0.05) is 0 Å². The van der Waals surface area contributed by atoms with Crippen LogP contribution in [0.15, 0.2) is 21.4 Å². The lowest BCUT2D eigenvalue weighted by atomic mass is 10.1. The van der Waals surface area contributed by atoms with Gasteiger partial charge in [0.2, 0.25) is 0 Å². The highest BCUT2D eigenvalue weighted by Gasteiger charge is 2.14. The molecule has 1 aromatic heterocycles. The molecule has 4 nitrogen and oxygen atoms in total. The molecule has 0 aromatic carbocycles. The van der Waals surface area contributed by atoms with Gasteiger partial charge in [-0.3, -0.25) is 0 Å². The van der Waals surface area contributed by atoms with Gasteiger partial charge >= 0.3 is 0 Å². The zero-order valence-electron chi connectivity index (χ0n) is 8.31. The van der Waals surface area contributed by atoms with Crippen LogP contribution in [0.4, 0.5) is 0 Å². The number of hydrogen-bond acceptors (Lipinski definition) is 4. The SMILES string of the molecule is CS(=O)(=O)CCCC(O)c1ccoc1Br. The van der Waals surface area contributed by atoms with Crippen LogP contribution in [0.5, 0.6) is 0 Å². The molecule has 0 amide bonds. The second-order valence-electron chi connectivity index (χ2n) is 3.44. The average molecular weight is 297 g/mol. The summed E-state index contributed by atoms with van der Waals surface area (Å²) in [6.45, 7) is 0. The zero-order chi connectivity index (χ0) is 11.5. The Morgan fingerprint density at radius 3 is 2.73 bits per heavy atom. The molecule has 15 heavy (non-hydrogen) atoms. The van der Waals surface area contributed by atoms with E-state index in [4.69, 9.17) is 4.42 Å². The molecule has 0 aliphatic heterocycles. The van der Waals surface area contributed by atoms with E-state index in [9.17, 15) is 13.5 Å². The van der Waals surface area contributed by atoms with Crippen molar-refractivity contribution in [2.24, 2.45) is 0 Å². The van der Waals surface area contributed by atoms with Crippen molar-refractivity contribution in [3.8, 4) is 0 Å². The van der Waals surface area contributed by atoms with E-state index in [1.807, 2.05) is 0 Å². The summed E-state index contributed by atoms with van der Waals surface area (Å²) in [5.41, 5.74) is 0.656. The number of aliphatic hydroxyl groups is 1. The molecule has 0 aliphatic carbocycles. The Balaban J connectivity index is 2.44. The van der Waals surface area contributed by atoms with Crippen molar-refractivity contribution in [3.05, 3.63) is 22.6 Å². The second kappa shape index (κ2) is 5.14. The Morgan fingerprint density at radius 2 is 2.27 bits per heavy atom. The summed E-state index contributed by atoms with van der Waals surface area (Å²) in [7, 11) is -2.94. The molecule has 0 saturated heterocycles. The topological polar surface area (TPSA) is 67.5 Å². The molecule has 1 N–H and O–H groups in total. The third kappa shape index (κ3) is 4.36. The third-order valence-electron chi connectivity index (χ3n) is 2.00. The van der Waals surface area contributed by atoms with Crippen molar-refractivity contribution in [1.82, 2.24) is 0 Å². The van der Waals surface area contributed by atoms with Gasteiger partial charge in [-0.15, -0.1) is 0 Å².